The lowest BCUT2D eigenvalue weighted by molar-refractivity contribution is 0.184. The summed E-state index contributed by atoms with van der Waals surface area (Å²) >= 11 is 6.07. The van der Waals surface area contributed by atoms with E-state index in [1.54, 1.807) is 42.5 Å². The van der Waals surface area contributed by atoms with Crippen molar-refractivity contribution in [2.24, 2.45) is 0 Å². The first kappa shape index (κ1) is 23.7. The van der Waals surface area contributed by atoms with Crippen molar-refractivity contribution in [3.8, 4) is 22.8 Å². The van der Waals surface area contributed by atoms with E-state index in [2.05, 4.69) is 15.3 Å². The Labute approximate surface area is 212 Å². The van der Waals surface area contributed by atoms with E-state index in [1.807, 2.05) is 28.8 Å². The number of likely N-dealkylation sites (tertiary alicyclic amines) is 1. The van der Waals surface area contributed by atoms with Crippen LogP contribution >= 0.6 is 11.6 Å². The number of fused-ring (bicyclic) bond motifs is 1. The number of benzene rings is 2. The summed E-state index contributed by atoms with van der Waals surface area (Å²) in [5.41, 5.74) is 3.84. The quantitative estimate of drug-likeness (QED) is 0.399. The van der Waals surface area contributed by atoms with Gasteiger partial charge in [0, 0.05) is 54.3 Å². The number of hydrogen-bond acceptors (Lipinski definition) is 5. The molecule has 0 bridgehead atoms. The molecule has 2 amide bonds. The molecular formula is C26H26ClN5O4. The minimum atomic E-state index is -0.196. The number of pyridine rings is 1. The predicted octanol–water partition coefficient (Wildman–Crippen LogP) is 4.93. The number of nitrogens with one attached hydrogen (secondary N) is 2. The lowest BCUT2D eigenvalue weighted by Gasteiger charge is -2.32. The van der Waals surface area contributed by atoms with Gasteiger partial charge in [-0.3, -0.25) is 4.57 Å². The Morgan fingerprint density at radius 1 is 1.11 bits per heavy atom. The molecule has 0 radical (unpaired) electrons. The molecule has 1 fully saturated rings. The van der Waals surface area contributed by atoms with Crippen molar-refractivity contribution in [1.82, 2.24) is 19.4 Å². The van der Waals surface area contributed by atoms with Crippen molar-refractivity contribution in [3.63, 3.8) is 0 Å². The van der Waals surface area contributed by atoms with Gasteiger partial charge in [0.25, 0.3) is 0 Å². The number of carbonyl (C=O) groups excluding carboxylic acids is 1. The maximum Gasteiger partial charge on any atom is 0.326 e. The molecule has 4 aromatic rings. The van der Waals surface area contributed by atoms with E-state index in [4.69, 9.17) is 21.1 Å². The molecule has 3 heterocycles. The van der Waals surface area contributed by atoms with Crippen LogP contribution in [0.4, 0.5) is 10.5 Å². The number of H-pyrrole nitrogens is 1. The Hall–Kier alpha value is -3.98. The molecular weight excluding hydrogens is 482 g/mol. The summed E-state index contributed by atoms with van der Waals surface area (Å²) in [6.07, 6.45) is 3.06. The van der Waals surface area contributed by atoms with Crippen LogP contribution in [0.1, 0.15) is 18.9 Å². The van der Waals surface area contributed by atoms with Crippen molar-refractivity contribution in [2.45, 2.75) is 18.9 Å². The smallest absolute Gasteiger partial charge is 0.326 e. The van der Waals surface area contributed by atoms with Gasteiger partial charge in [0.2, 0.25) is 5.88 Å². The van der Waals surface area contributed by atoms with Crippen LogP contribution in [-0.4, -0.2) is 52.8 Å². The minimum absolute atomic E-state index is 0.0184. The number of hydrogen-bond donors (Lipinski definition) is 2. The number of carbonyl (C=O) groups is 1. The zero-order chi connectivity index (χ0) is 25.2. The van der Waals surface area contributed by atoms with Gasteiger partial charge in [0.05, 0.1) is 30.3 Å². The molecule has 0 saturated carbocycles. The molecule has 0 atom stereocenters. The summed E-state index contributed by atoms with van der Waals surface area (Å²) in [5.74, 6) is 1.03. The van der Waals surface area contributed by atoms with E-state index in [-0.39, 0.29) is 17.8 Å². The zero-order valence-electron chi connectivity index (χ0n) is 20.0. The molecule has 9 nitrogen and oxygen atoms in total. The van der Waals surface area contributed by atoms with Gasteiger partial charge in [0.1, 0.15) is 5.75 Å². The highest BCUT2D eigenvalue weighted by Gasteiger charge is 2.27. The van der Waals surface area contributed by atoms with E-state index < -0.39 is 0 Å². The Morgan fingerprint density at radius 2 is 1.92 bits per heavy atom. The van der Waals surface area contributed by atoms with Gasteiger partial charge in [-0.15, -0.1) is 0 Å². The van der Waals surface area contributed by atoms with Gasteiger partial charge in [-0.2, -0.15) is 0 Å². The molecule has 5 rings (SSSR count). The van der Waals surface area contributed by atoms with Gasteiger partial charge in [-0.1, -0.05) is 23.7 Å². The lowest BCUT2D eigenvalue weighted by Crippen LogP contribution is -2.42. The summed E-state index contributed by atoms with van der Waals surface area (Å²) in [7, 11) is 3.10. The van der Waals surface area contributed by atoms with Gasteiger partial charge in [-0.25, -0.2) is 14.6 Å². The molecule has 1 aliphatic heterocycles. The maximum atomic E-state index is 13.0. The number of amides is 2. The van der Waals surface area contributed by atoms with Crippen molar-refractivity contribution < 1.29 is 14.3 Å². The van der Waals surface area contributed by atoms with Crippen LogP contribution in [0.15, 0.2) is 59.5 Å². The topological polar surface area (TPSA) is 101 Å². The first-order valence-electron chi connectivity index (χ1n) is 11.6. The zero-order valence-corrected chi connectivity index (χ0v) is 20.7. The van der Waals surface area contributed by atoms with Crippen molar-refractivity contribution >= 4 is 34.4 Å². The Balaban J connectivity index is 1.32. The molecule has 2 aromatic carbocycles. The van der Waals surface area contributed by atoms with E-state index >= 15 is 0 Å². The molecule has 1 aliphatic rings. The largest absolute Gasteiger partial charge is 0.495 e. The van der Waals surface area contributed by atoms with Crippen molar-refractivity contribution in [2.75, 3.05) is 32.6 Å². The van der Waals surface area contributed by atoms with E-state index in [0.29, 0.717) is 48.3 Å². The number of halogens is 1. The Kier molecular flexibility index (Phi) is 6.56. The van der Waals surface area contributed by atoms with E-state index in [0.717, 1.165) is 22.2 Å². The van der Waals surface area contributed by atoms with E-state index in [9.17, 15) is 9.59 Å². The van der Waals surface area contributed by atoms with Gasteiger partial charge in [-0.05, 0) is 37.1 Å². The number of imidazole rings is 1. The Bertz CT molecular complexity index is 1460. The maximum absolute atomic E-state index is 13.0. The number of aromatic amines is 1. The monoisotopic (exact) mass is 507 g/mol. The number of anilines is 1. The van der Waals surface area contributed by atoms with Crippen LogP contribution in [0.3, 0.4) is 0 Å². The number of urea groups is 1. The lowest BCUT2D eigenvalue weighted by atomic mass is 10.0. The van der Waals surface area contributed by atoms with Crippen molar-refractivity contribution in [3.05, 3.63) is 70.2 Å². The summed E-state index contributed by atoms with van der Waals surface area (Å²) in [5, 5.41) is 3.38. The molecule has 1 saturated heterocycles. The molecule has 2 aromatic heterocycles. The average Bonchev–Trinajstić information content (AvgIpc) is 3.25. The molecule has 2 N–H and O–H groups in total. The number of methoxy groups -OCH3 is 2. The highest BCUT2D eigenvalue weighted by atomic mass is 35.5. The van der Waals surface area contributed by atoms with Crippen LogP contribution in [0.2, 0.25) is 5.02 Å². The molecule has 0 unspecified atom stereocenters. The first-order valence-corrected chi connectivity index (χ1v) is 12.0. The van der Waals surface area contributed by atoms with Crippen molar-refractivity contribution in [1.29, 1.82) is 0 Å². The second-order valence-electron chi connectivity index (χ2n) is 8.59. The number of nitrogens with zero attached hydrogens (tertiary/aromatic N) is 3. The SMILES string of the molecule is COc1ccc(-c2cccc3c2[nH]c(=O)n3C2CCN(C(=O)Nc3ccc(Cl)c(OC)c3)CC2)cn1. The highest BCUT2D eigenvalue weighted by molar-refractivity contribution is 6.32. The summed E-state index contributed by atoms with van der Waals surface area (Å²) < 4.78 is 12.2. The third-order valence-electron chi connectivity index (χ3n) is 6.53. The van der Waals surface area contributed by atoms with Crippen LogP contribution in [0.25, 0.3) is 22.2 Å². The molecule has 0 aliphatic carbocycles. The second kappa shape index (κ2) is 9.94. The number of para-hydroxylation sites is 1. The third-order valence-corrected chi connectivity index (χ3v) is 6.84. The molecule has 186 valence electrons. The van der Waals surface area contributed by atoms with Crippen LogP contribution < -0.4 is 20.5 Å². The van der Waals surface area contributed by atoms with E-state index in [1.165, 1.54) is 7.11 Å². The summed E-state index contributed by atoms with van der Waals surface area (Å²) in [6, 6.07) is 14.5. The van der Waals surface area contributed by atoms with Gasteiger partial charge < -0.3 is 24.7 Å². The fourth-order valence-electron chi connectivity index (χ4n) is 4.68. The normalized spacial score (nSPS) is 14.1. The molecule has 0 spiro atoms. The number of aromatic nitrogens is 3. The fraction of sp³-hybridized carbons (Fsp3) is 0.269. The third kappa shape index (κ3) is 4.49. The summed E-state index contributed by atoms with van der Waals surface area (Å²) in [4.78, 5) is 34.9. The van der Waals surface area contributed by atoms with Gasteiger partial charge >= 0.3 is 11.7 Å². The number of ether oxygens (including phenoxy) is 2. The Morgan fingerprint density at radius 3 is 2.61 bits per heavy atom. The first-order chi connectivity index (χ1) is 17.5. The molecule has 10 heteroatoms. The average molecular weight is 508 g/mol. The summed E-state index contributed by atoms with van der Waals surface area (Å²) in [6.45, 7) is 1.06. The van der Waals surface area contributed by atoms with Crippen LogP contribution in [0.5, 0.6) is 11.6 Å². The predicted molar refractivity (Wildman–Crippen MR) is 139 cm³/mol. The second-order valence-corrected chi connectivity index (χ2v) is 8.99. The standard InChI is InChI=1S/C26H26ClN5O4/c1-35-22-14-17(7-8-20(22)27)29-25(33)31-12-10-18(11-13-31)32-21-5-3-4-19(24(21)30-26(32)34)16-6-9-23(36-2)28-15-16/h3-9,14-15,18H,10-13H2,1-2H3,(H,29,33)(H,30,34). The fourth-order valence-corrected chi connectivity index (χ4v) is 4.87. The number of piperidine rings is 1. The minimum Gasteiger partial charge on any atom is -0.495 e. The van der Waals surface area contributed by atoms with Crippen LogP contribution in [0, 0.1) is 0 Å². The molecule has 36 heavy (non-hydrogen) atoms. The van der Waals surface area contributed by atoms with Gasteiger partial charge in [0.15, 0.2) is 0 Å². The number of rotatable bonds is 5. The highest BCUT2D eigenvalue weighted by Crippen LogP contribution is 2.31. The van der Waals surface area contributed by atoms with Crippen LogP contribution in [-0.2, 0) is 0 Å².